The number of para-hydroxylation sites is 1. The summed E-state index contributed by atoms with van der Waals surface area (Å²) in [5, 5.41) is 10.8. The van der Waals surface area contributed by atoms with E-state index in [0.717, 1.165) is 33.3 Å². The van der Waals surface area contributed by atoms with Crippen molar-refractivity contribution >= 4 is 40.9 Å². The standard InChI is InChI=1S/C29H29FN6O3S/c1-17-12-18(13-20-15-31-34-26(17)20)14-24(23-6-3-7-25(40)32-23)39-29(38)35-10-8-21(9-11-35)36-16-19-4-2-5-22(30)27(19)33-28(36)37/h2-7,12-13,15,21,24H,8-11,14,16H2,1H3,(H,31,34)(H,32,40)(H,33,37). The van der Waals surface area contributed by atoms with Crippen LogP contribution in [-0.4, -0.2) is 56.2 Å². The number of carbonyl (C=O) groups excluding carboxylic acids is 2. The van der Waals surface area contributed by atoms with Crippen LogP contribution in [0.5, 0.6) is 0 Å². The Hall–Kier alpha value is -4.25. The van der Waals surface area contributed by atoms with Gasteiger partial charge in [-0.2, -0.15) is 5.10 Å². The summed E-state index contributed by atoms with van der Waals surface area (Å²) in [6.07, 6.45) is 2.46. The minimum Gasteiger partial charge on any atom is -0.439 e. The first-order chi connectivity index (χ1) is 19.4. The third-order valence-electron chi connectivity index (χ3n) is 7.70. The zero-order chi connectivity index (χ0) is 27.8. The quantitative estimate of drug-likeness (QED) is 0.260. The van der Waals surface area contributed by atoms with Gasteiger partial charge >= 0.3 is 12.1 Å². The Labute approximate surface area is 235 Å². The summed E-state index contributed by atoms with van der Waals surface area (Å²) in [6, 6.07) is 14.0. The van der Waals surface area contributed by atoms with Crippen LogP contribution in [0, 0.1) is 17.4 Å². The minimum atomic E-state index is -0.573. The van der Waals surface area contributed by atoms with E-state index in [4.69, 9.17) is 17.0 Å². The number of H-pyrrole nitrogens is 2. The first-order valence-corrected chi connectivity index (χ1v) is 13.7. The topological polar surface area (TPSA) is 106 Å². The predicted octanol–water partition coefficient (Wildman–Crippen LogP) is 6.00. The second-order valence-electron chi connectivity index (χ2n) is 10.3. The lowest BCUT2D eigenvalue weighted by Crippen LogP contribution is -2.51. The number of fused-ring (bicyclic) bond motifs is 2. The van der Waals surface area contributed by atoms with Crippen LogP contribution in [0.15, 0.2) is 54.7 Å². The monoisotopic (exact) mass is 560 g/mol. The van der Waals surface area contributed by atoms with Gasteiger partial charge in [0.05, 0.1) is 23.1 Å². The number of piperidine rings is 1. The number of hydrogen-bond donors (Lipinski definition) is 3. The summed E-state index contributed by atoms with van der Waals surface area (Å²) in [6.45, 7) is 3.24. The van der Waals surface area contributed by atoms with Gasteiger partial charge in [0.1, 0.15) is 16.6 Å². The van der Waals surface area contributed by atoms with Gasteiger partial charge in [-0.3, -0.25) is 5.10 Å². The molecule has 206 valence electrons. The number of likely N-dealkylation sites (tertiary alicyclic amines) is 1. The second kappa shape index (κ2) is 10.7. The molecule has 1 saturated heterocycles. The van der Waals surface area contributed by atoms with E-state index in [-0.39, 0.29) is 17.8 Å². The third kappa shape index (κ3) is 5.16. The van der Waals surface area contributed by atoms with Crippen LogP contribution in [0.2, 0.25) is 0 Å². The molecule has 2 aliphatic heterocycles. The maximum atomic E-state index is 14.1. The number of pyridine rings is 1. The molecular formula is C29H29FN6O3S. The van der Waals surface area contributed by atoms with E-state index in [2.05, 4.69) is 26.6 Å². The number of halogens is 1. The largest absolute Gasteiger partial charge is 0.439 e. The average molecular weight is 561 g/mol. The number of urea groups is 1. The molecule has 2 aromatic carbocycles. The van der Waals surface area contributed by atoms with Crippen molar-refractivity contribution in [2.75, 3.05) is 18.4 Å². The molecular weight excluding hydrogens is 531 g/mol. The van der Waals surface area contributed by atoms with Crippen molar-refractivity contribution in [3.8, 4) is 0 Å². The molecule has 1 fully saturated rings. The molecule has 2 aliphatic rings. The molecule has 4 heterocycles. The molecule has 40 heavy (non-hydrogen) atoms. The minimum absolute atomic E-state index is 0.0637. The smallest absolute Gasteiger partial charge is 0.410 e. The van der Waals surface area contributed by atoms with Gasteiger partial charge < -0.3 is 24.8 Å². The van der Waals surface area contributed by atoms with Gasteiger partial charge in [-0.05, 0) is 60.7 Å². The summed E-state index contributed by atoms with van der Waals surface area (Å²) >= 11 is 5.33. The number of anilines is 1. The summed E-state index contributed by atoms with van der Waals surface area (Å²) in [4.78, 5) is 32.7. The highest BCUT2D eigenvalue weighted by atomic mass is 32.1. The lowest BCUT2D eigenvalue weighted by molar-refractivity contribution is 0.0463. The maximum Gasteiger partial charge on any atom is 0.410 e. The van der Waals surface area contributed by atoms with Crippen LogP contribution in [0.25, 0.3) is 10.9 Å². The number of benzene rings is 2. The van der Waals surface area contributed by atoms with Gasteiger partial charge in [-0.25, -0.2) is 14.0 Å². The maximum absolute atomic E-state index is 14.1. The van der Waals surface area contributed by atoms with Gasteiger partial charge in [0.15, 0.2) is 0 Å². The van der Waals surface area contributed by atoms with Gasteiger partial charge in [0.25, 0.3) is 0 Å². The first kappa shape index (κ1) is 26.0. The van der Waals surface area contributed by atoms with E-state index in [9.17, 15) is 14.0 Å². The lowest BCUT2D eigenvalue weighted by atomic mass is 10.0. The van der Waals surface area contributed by atoms with Crippen molar-refractivity contribution in [2.24, 2.45) is 0 Å². The molecule has 9 nitrogen and oxygen atoms in total. The van der Waals surface area contributed by atoms with Crippen molar-refractivity contribution < 1.29 is 18.7 Å². The highest BCUT2D eigenvalue weighted by Gasteiger charge is 2.34. The number of aromatic amines is 2. The fraction of sp³-hybridized carbons (Fsp3) is 0.310. The van der Waals surface area contributed by atoms with Crippen LogP contribution in [0.4, 0.5) is 19.7 Å². The highest BCUT2D eigenvalue weighted by Crippen LogP contribution is 2.31. The molecule has 0 bridgehead atoms. The van der Waals surface area contributed by atoms with Crippen molar-refractivity contribution in [3.05, 3.63) is 87.6 Å². The first-order valence-electron chi connectivity index (χ1n) is 13.3. The summed E-state index contributed by atoms with van der Waals surface area (Å²) in [7, 11) is 0. The number of hydrogen-bond acceptors (Lipinski definition) is 5. The van der Waals surface area contributed by atoms with Crippen LogP contribution in [0.3, 0.4) is 0 Å². The predicted molar refractivity (Wildman–Crippen MR) is 151 cm³/mol. The molecule has 1 unspecified atom stereocenters. The van der Waals surface area contributed by atoms with Crippen molar-refractivity contribution in [3.63, 3.8) is 0 Å². The van der Waals surface area contributed by atoms with E-state index in [0.29, 0.717) is 43.5 Å². The SMILES string of the molecule is Cc1cc(CC(OC(=O)N2CCC(N3Cc4cccc(F)c4NC3=O)CC2)c2cccc(=S)[nH]2)cc2cn[nH]c12. The summed E-state index contributed by atoms with van der Waals surface area (Å²) in [5.74, 6) is -0.434. The molecule has 0 radical (unpaired) electrons. The Balaban J connectivity index is 1.14. The molecule has 2 aromatic heterocycles. The van der Waals surface area contributed by atoms with Gasteiger partial charge in [-0.15, -0.1) is 0 Å². The number of ether oxygens (including phenoxy) is 1. The fourth-order valence-electron chi connectivity index (χ4n) is 5.64. The Bertz CT molecular complexity index is 1640. The molecule has 11 heteroatoms. The Morgan fingerprint density at radius 3 is 2.80 bits per heavy atom. The van der Waals surface area contributed by atoms with Gasteiger partial charge in [0.2, 0.25) is 0 Å². The van der Waals surface area contributed by atoms with Gasteiger partial charge in [0, 0.05) is 37.5 Å². The molecule has 0 saturated carbocycles. The third-order valence-corrected chi connectivity index (χ3v) is 7.94. The molecule has 0 aliphatic carbocycles. The number of amides is 3. The lowest BCUT2D eigenvalue weighted by Gasteiger charge is -2.40. The van der Waals surface area contributed by atoms with E-state index in [1.807, 2.05) is 31.2 Å². The van der Waals surface area contributed by atoms with E-state index < -0.39 is 18.0 Å². The molecule has 3 N–H and O–H groups in total. The van der Waals surface area contributed by atoms with Crippen LogP contribution >= 0.6 is 12.2 Å². The van der Waals surface area contributed by atoms with E-state index in [1.165, 1.54) is 6.07 Å². The molecule has 1 atom stereocenters. The number of nitrogens with one attached hydrogen (secondary N) is 3. The van der Waals surface area contributed by atoms with Crippen LogP contribution < -0.4 is 5.32 Å². The van der Waals surface area contributed by atoms with Gasteiger partial charge in [-0.1, -0.05) is 36.5 Å². The summed E-state index contributed by atoms with van der Waals surface area (Å²) < 4.78 is 20.7. The Morgan fingerprint density at radius 1 is 1.20 bits per heavy atom. The normalized spacial score (nSPS) is 16.5. The fourth-order valence-corrected chi connectivity index (χ4v) is 5.83. The average Bonchev–Trinajstić information content (AvgIpc) is 3.42. The van der Waals surface area contributed by atoms with Crippen LogP contribution in [-0.2, 0) is 17.7 Å². The molecule has 0 spiro atoms. The number of nitrogens with zero attached hydrogens (tertiary/aromatic N) is 3. The zero-order valence-electron chi connectivity index (χ0n) is 21.9. The van der Waals surface area contributed by atoms with Crippen molar-refractivity contribution in [1.82, 2.24) is 25.0 Å². The van der Waals surface area contributed by atoms with Crippen LogP contribution in [0.1, 0.15) is 41.3 Å². The Kier molecular flexibility index (Phi) is 6.97. The number of carbonyl (C=O) groups is 2. The number of rotatable bonds is 5. The van der Waals surface area contributed by atoms with Crippen molar-refractivity contribution in [2.45, 2.75) is 44.9 Å². The number of aromatic nitrogens is 3. The molecule has 3 amide bonds. The summed E-state index contributed by atoms with van der Waals surface area (Å²) in [5.41, 5.74) is 4.77. The Morgan fingerprint density at radius 2 is 2.00 bits per heavy atom. The molecule has 6 rings (SSSR count). The van der Waals surface area contributed by atoms with E-state index in [1.54, 1.807) is 28.1 Å². The molecule has 4 aromatic rings. The zero-order valence-corrected chi connectivity index (χ0v) is 22.8. The van der Waals surface area contributed by atoms with E-state index >= 15 is 0 Å². The highest BCUT2D eigenvalue weighted by molar-refractivity contribution is 7.71. The second-order valence-corrected chi connectivity index (χ2v) is 10.8. The van der Waals surface area contributed by atoms with Crippen molar-refractivity contribution in [1.29, 1.82) is 0 Å². The number of aryl methyl sites for hydroxylation is 1.